The summed E-state index contributed by atoms with van der Waals surface area (Å²) in [5, 5.41) is 11.1. The molecule has 2 rings (SSSR count). The van der Waals surface area contributed by atoms with Crippen molar-refractivity contribution in [1.29, 1.82) is 0 Å². The molecule has 0 fully saturated rings. The molecule has 4 heteroatoms. The molecule has 0 bridgehead atoms. The van der Waals surface area contributed by atoms with E-state index in [1.54, 1.807) is 30.3 Å². The maximum atomic E-state index is 10.7. The molecule has 2 aromatic carbocycles. The van der Waals surface area contributed by atoms with Gasteiger partial charge in [-0.25, -0.2) is 4.79 Å². The van der Waals surface area contributed by atoms with Gasteiger partial charge in [-0.15, -0.1) is 0 Å². The van der Waals surface area contributed by atoms with Gasteiger partial charge in [0.25, 0.3) is 0 Å². The topological polar surface area (TPSA) is 37.3 Å². The average molecular weight is 321 g/mol. The Kier molecular flexibility index (Phi) is 4.05. The number of benzene rings is 2. The van der Waals surface area contributed by atoms with Crippen molar-refractivity contribution < 1.29 is 9.90 Å². The second-order valence-corrected chi connectivity index (χ2v) is 3.39. The molecular weight excluding hydrogens is 314 g/mol. The number of fused-ring (bicyclic) bond motifs is 1. The van der Waals surface area contributed by atoms with E-state index in [1.165, 1.54) is 0 Å². The largest absolute Gasteiger partial charge is 0.478 e. The predicted molar refractivity (Wildman–Crippen MR) is 61.7 cm³/mol. The Morgan fingerprint density at radius 1 is 1.20 bits per heavy atom. The number of carbonyl (C=O) groups is 1. The molecule has 0 saturated carbocycles. The van der Waals surface area contributed by atoms with Gasteiger partial charge in [0.15, 0.2) is 0 Å². The van der Waals surface area contributed by atoms with Crippen LogP contribution in [0.1, 0.15) is 10.4 Å². The van der Waals surface area contributed by atoms with Crippen LogP contribution in [-0.4, -0.2) is 36.9 Å². The third-order valence-corrected chi connectivity index (χ3v) is 2.40. The summed E-state index contributed by atoms with van der Waals surface area (Å²) in [6, 6.07) is 10.3. The SMILES string of the molecule is O=C(O)c1ccc2c(Cl)cccc2c1.[In]. The molecule has 2 aromatic rings. The second-order valence-electron chi connectivity index (χ2n) is 2.98. The number of halogens is 1. The minimum absolute atomic E-state index is 0. The van der Waals surface area contributed by atoms with Gasteiger partial charge < -0.3 is 5.11 Å². The van der Waals surface area contributed by atoms with Crippen molar-refractivity contribution in [1.82, 2.24) is 0 Å². The third-order valence-electron chi connectivity index (χ3n) is 2.07. The molecule has 0 aliphatic rings. The van der Waals surface area contributed by atoms with E-state index >= 15 is 0 Å². The van der Waals surface area contributed by atoms with E-state index in [-0.39, 0.29) is 31.4 Å². The molecule has 2 nitrogen and oxygen atoms in total. The smallest absolute Gasteiger partial charge is 0.335 e. The van der Waals surface area contributed by atoms with Crippen molar-refractivity contribution in [3.05, 3.63) is 47.0 Å². The molecule has 15 heavy (non-hydrogen) atoms. The molecule has 0 aromatic heterocycles. The van der Waals surface area contributed by atoms with Crippen LogP contribution in [0.2, 0.25) is 5.02 Å². The van der Waals surface area contributed by atoms with Crippen LogP contribution in [0, 0.1) is 0 Å². The Labute approximate surface area is 111 Å². The van der Waals surface area contributed by atoms with E-state index < -0.39 is 5.97 Å². The van der Waals surface area contributed by atoms with Crippen LogP contribution in [0.4, 0.5) is 0 Å². The Morgan fingerprint density at radius 2 is 1.93 bits per heavy atom. The maximum absolute atomic E-state index is 10.7. The summed E-state index contributed by atoms with van der Waals surface area (Å²) < 4.78 is 0. The maximum Gasteiger partial charge on any atom is 0.335 e. The van der Waals surface area contributed by atoms with Crippen LogP contribution < -0.4 is 0 Å². The van der Waals surface area contributed by atoms with E-state index in [0.29, 0.717) is 5.02 Å². The van der Waals surface area contributed by atoms with E-state index in [1.807, 2.05) is 6.07 Å². The van der Waals surface area contributed by atoms with Crippen LogP contribution in [0.25, 0.3) is 10.8 Å². The van der Waals surface area contributed by atoms with Gasteiger partial charge in [-0.3, -0.25) is 0 Å². The fraction of sp³-hybridized carbons (Fsp3) is 0. The molecule has 0 unspecified atom stereocenters. The zero-order chi connectivity index (χ0) is 10.1. The van der Waals surface area contributed by atoms with E-state index in [4.69, 9.17) is 16.7 Å². The summed E-state index contributed by atoms with van der Waals surface area (Å²) in [7, 11) is 0. The number of carboxylic acids is 1. The van der Waals surface area contributed by atoms with E-state index in [0.717, 1.165) is 10.8 Å². The summed E-state index contributed by atoms with van der Waals surface area (Å²) in [4.78, 5) is 10.7. The van der Waals surface area contributed by atoms with Crippen LogP contribution in [0.3, 0.4) is 0 Å². The van der Waals surface area contributed by atoms with Crippen LogP contribution in [-0.2, 0) is 0 Å². The molecule has 0 atom stereocenters. The Morgan fingerprint density at radius 3 is 2.60 bits per heavy atom. The number of hydrogen-bond donors (Lipinski definition) is 1. The Hall–Kier alpha value is -0.670. The zero-order valence-electron chi connectivity index (χ0n) is 7.77. The predicted octanol–water partition coefficient (Wildman–Crippen LogP) is 2.81. The molecule has 3 radical (unpaired) electrons. The van der Waals surface area contributed by atoms with Gasteiger partial charge in [-0.05, 0) is 23.6 Å². The fourth-order valence-electron chi connectivity index (χ4n) is 1.38. The third kappa shape index (κ3) is 2.47. The van der Waals surface area contributed by atoms with Gasteiger partial charge in [0.05, 0.1) is 5.56 Å². The number of rotatable bonds is 1. The average Bonchev–Trinajstić information content (AvgIpc) is 2.17. The van der Waals surface area contributed by atoms with Crippen LogP contribution in [0.5, 0.6) is 0 Å². The fourth-order valence-corrected chi connectivity index (χ4v) is 1.62. The van der Waals surface area contributed by atoms with Crippen molar-refractivity contribution in [3.8, 4) is 0 Å². The minimum Gasteiger partial charge on any atom is -0.478 e. The first-order chi connectivity index (χ1) is 6.68. The van der Waals surface area contributed by atoms with E-state index in [9.17, 15) is 4.79 Å². The van der Waals surface area contributed by atoms with Crippen molar-refractivity contribution in [3.63, 3.8) is 0 Å². The van der Waals surface area contributed by atoms with Gasteiger partial charge >= 0.3 is 5.97 Å². The van der Waals surface area contributed by atoms with Gasteiger partial charge in [0, 0.05) is 36.3 Å². The number of hydrogen-bond acceptors (Lipinski definition) is 1. The molecule has 0 aliphatic heterocycles. The molecule has 0 aliphatic carbocycles. The summed E-state index contributed by atoms with van der Waals surface area (Å²) in [5.41, 5.74) is 0.278. The summed E-state index contributed by atoms with van der Waals surface area (Å²) >= 11 is 5.94. The molecule has 0 saturated heterocycles. The first kappa shape index (κ1) is 12.4. The Balaban J connectivity index is 0.00000112. The van der Waals surface area contributed by atoms with Gasteiger partial charge in [0.1, 0.15) is 0 Å². The summed E-state index contributed by atoms with van der Waals surface area (Å²) in [6.45, 7) is 0. The van der Waals surface area contributed by atoms with Gasteiger partial charge in [-0.1, -0.05) is 29.8 Å². The molecular formula is C11H7ClInO2. The molecule has 73 valence electrons. The van der Waals surface area contributed by atoms with Gasteiger partial charge in [-0.2, -0.15) is 0 Å². The van der Waals surface area contributed by atoms with E-state index in [2.05, 4.69) is 0 Å². The quantitative estimate of drug-likeness (QED) is 0.877. The van der Waals surface area contributed by atoms with Crippen LogP contribution >= 0.6 is 11.6 Å². The zero-order valence-corrected chi connectivity index (χ0v) is 11.8. The van der Waals surface area contributed by atoms with Crippen molar-refractivity contribution in [2.24, 2.45) is 0 Å². The first-order valence-electron chi connectivity index (χ1n) is 4.10. The monoisotopic (exact) mass is 321 g/mol. The van der Waals surface area contributed by atoms with Crippen molar-refractivity contribution in [2.75, 3.05) is 0 Å². The number of aromatic carboxylic acids is 1. The molecule has 0 spiro atoms. The van der Waals surface area contributed by atoms with Crippen molar-refractivity contribution >= 4 is 54.2 Å². The molecule has 0 heterocycles. The second kappa shape index (κ2) is 4.90. The number of carboxylic acid groups (broad SMARTS) is 1. The molecule has 0 amide bonds. The summed E-state index contributed by atoms with van der Waals surface area (Å²) in [5.74, 6) is -0.924. The minimum atomic E-state index is -0.924. The van der Waals surface area contributed by atoms with Crippen molar-refractivity contribution in [2.45, 2.75) is 0 Å². The summed E-state index contributed by atoms with van der Waals surface area (Å²) in [6.07, 6.45) is 0. The Bertz CT molecular complexity index is 511. The first-order valence-corrected chi connectivity index (χ1v) is 4.48. The molecule has 1 N–H and O–H groups in total. The standard InChI is InChI=1S/C11H7ClO2.In/c12-10-3-1-2-7-6-8(11(13)14)4-5-9(7)10;/h1-6H,(H,13,14);. The normalized spacial score (nSPS) is 9.67. The van der Waals surface area contributed by atoms with Crippen LogP contribution in [0.15, 0.2) is 36.4 Å². The van der Waals surface area contributed by atoms with Gasteiger partial charge in [0.2, 0.25) is 0 Å².